The van der Waals surface area contributed by atoms with Gasteiger partial charge in [-0.3, -0.25) is 4.55 Å². The number of ether oxygens (including phenoxy) is 1. The minimum Gasteiger partial charge on any atom is -0.370 e. The first-order valence-electron chi connectivity index (χ1n) is 5.33. The van der Waals surface area contributed by atoms with Crippen molar-refractivity contribution in [3.05, 3.63) is 35.4 Å². The predicted octanol–water partition coefficient (Wildman–Crippen LogP) is 1.65. The summed E-state index contributed by atoms with van der Waals surface area (Å²) in [6, 6.07) is 7.43. The third-order valence-corrected chi connectivity index (χ3v) is 3.75. The van der Waals surface area contributed by atoms with Crippen molar-refractivity contribution >= 4 is 10.1 Å². The van der Waals surface area contributed by atoms with Crippen LogP contribution in [0.1, 0.15) is 11.1 Å². The van der Waals surface area contributed by atoms with Crippen LogP contribution in [0.3, 0.4) is 0 Å². The van der Waals surface area contributed by atoms with Gasteiger partial charge in [0.25, 0.3) is 0 Å². The molecule has 2 rings (SSSR count). The number of alkyl halides is 2. The highest BCUT2D eigenvalue weighted by Gasteiger charge is 2.45. The maximum Gasteiger partial charge on any atom is 0.392 e. The van der Waals surface area contributed by atoms with Crippen LogP contribution >= 0.6 is 0 Å². The average Bonchev–Trinajstić information content (AvgIpc) is 2.67. The van der Waals surface area contributed by atoms with Crippen LogP contribution in [0.4, 0.5) is 8.78 Å². The van der Waals surface area contributed by atoms with Crippen LogP contribution in [-0.2, 0) is 27.7 Å². The van der Waals surface area contributed by atoms with Crippen LogP contribution in [0.5, 0.6) is 0 Å². The van der Waals surface area contributed by atoms with Crippen molar-refractivity contribution in [3.63, 3.8) is 0 Å². The first kappa shape index (κ1) is 13.4. The van der Waals surface area contributed by atoms with Gasteiger partial charge < -0.3 is 4.74 Å². The number of fused-ring (bicyclic) bond motifs is 1. The Morgan fingerprint density at radius 1 is 1.28 bits per heavy atom. The molecular formula is C11H12F2O4S. The van der Waals surface area contributed by atoms with E-state index >= 15 is 0 Å². The molecule has 1 aromatic rings. The lowest BCUT2D eigenvalue weighted by atomic mass is 10.1. The van der Waals surface area contributed by atoms with E-state index in [0.717, 1.165) is 11.1 Å². The lowest BCUT2D eigenvalue weighted by Crippen LogP contribution is -2.35. The summed E-state index contributed by atoms with van der Waals surface area (Å²) in [5, 5.41) is -4.26. The van der Waals surface area contributed by atoms with E-state index in [1.807, 2.05) is 24.3 Å². The van der Waals surface area contributed by atoms with Gasteiger partial charge in [0.1, 0.15) is 6.61 Å². The number of halogens is 2. The molecule has 1 aliphatic rings. The Morgan fingerprint density at radius 2 is 1.78 bits per heavy atom. The highest BCUT2D eigenvalue weighted by Crippen LogP contribution is 2.27. The summed E-state index contributed by atoms with van der Waals surface area (Å²) in [6.45, 7) is -1.33. The molecule has 0 aromatic heterocycles. The maximum absolute atomic E-state index is 12.9. The molecule has 0 atom stereocenters. The Bertz CT molecular complexity index is 517. The summed E-state index contributed by atoms with van der Waals surface area (Å²) in [5.74, 6) is 0. The molecule has 4 nitrogen and oxygen atoms in total. The van der Waals surface area contributed by atoms with E-state index < -0.39 is 28.1 Å². The van der Waals surface area contributed by atoms with E-state index in [1.54, 1.807) is 0 Å². The Balaban J connectivity index is 1.95. The quantitative estimate of drug-likeness (QED) is 0.851. The number of hydrogen-bond donors (Lipinski definition) is 1. The molecule has 18 heavy (non-hydrogen) atoms. The Morgan fingerprint density at radius 3 is 2.22 bits per heavy atom. The molecule has 0 unspecified atom stereocenters. The lowest BCUT2D eigenvalue weighted by molar-refractivity contribution is -0.0491. The van der Waals surface area contributed by atoms with E-state index in [1.165, 1.54) is 0 Å². The molecule has 0 spiro atoms. The van der Waals surface area contributed by atoms with Gasteiger partial charge in [0, 0.05) is 0 Å². The molecule has 1 N–H and O–H groups in total. The predicted molar refractivity (Wildman–Crippen MR) is 60.1 cm³/mol. The van der Waals surface area contributed by atoms with Gasteiger partial charge in [-0.05, 0) is 24.0 Å². The third-order valence-electron chi connectivity index (χ3n) is 2.88. The topological polar surface area (TPSA) is 63.6 Å². The second kappa shape index (κ2) is 4.56. The second-order valence-electron chi connectivity index (χ2n) is 4.22. The largest absolute Gasteiger partial charge is 0.392 e. The Kier molecular flexibility index (Phi) is 3.39. The SMILES string of the molecule is O=S(=O)(O)C(F)(F)COC1Cc2ccccc2C1. The van der Waals surface area contributed by atoms with Crippen LogP contribution in [0.15, 0.2) is 24.3 Å². The zero-order valence-electron chi connectivity index (χ0n) is 9.34. The van der Waals surface area contributed by atoms with Crippen molar-refractivity contribution in [2.75, 3.05) is 6.61 Å². The molecule has 1 aliphatic carbocycles. The van der Waals surface area contributed by atoms with Gasteiger partial charge in [0.15, 0.2) is 0 Å². The molecule has 0 fully saturated rings. The highest BCUT2D eigenvalue weighted by molar-refractivity contribution is 7.86. The number of hydrogen-bond acceptors (Lipinski definition) is 3. The molecule has 0 amide bonds. The van der Waals surface area contributed by atoms with Gasteiger partial charge in [0.2, 0.25) is 0 Å². The number of benzene rings is 1. The standard InChI is InChI=1S/C11H12F2O4S/c12-11(13,18(14,15)16)7-17-10-5-8-3-1-2-4-9(8)6-10/h1-4,10H,5-7H2,(H,14,15,16). The molecule has 7 heteroatoms. The fourth-order valence-electron chi connectivity index (χ4n) is 1.93. The van der Waals surface area contributed by atoms with Crippen molar-refractivity contribution < 1.29 is 26.5 Å². The van der Waals surface area contributed by atoms with Crippen molar-refractivity contribution in [3.8, 4) is 0 Å². The minimum absolute atomic E-state index is 0.470. The van der Waals surface area contributed by atoms with Crippen molar-refractivity contribution in [2.24, 2.45) is 0 Å². The molecule has 1 aromatic carbocycles. The fraction of sp³-hybridized carbons (Fsp3) is 0.455. The van der Waals surface area contributed by atoms with E-state index in [4.69, 9.17) is 9.29 Å². The van der Waals surface area contributed by atoms with Crippen LogP contribution in [-0.4, -0.2) is 30.9 Å². The zero-order valence-corrected chi connectivity index (χ0v) is 10.2. The van der Waals surface area contributed by atoms with Gasteiger partial charge in [0.05, 0.1) is 6.10 Å². The van der Waals surface area contributed by atoms with Crippen LogP contribution < -0.4 is 0 Å². The van der Waals surface area contributed by atoms with E-state index in [-0.39, 0.29) is 0 Å². The summed E-state index contributed by atoms with van der Waals surface area (Å²) in [4.78, 5) is 0. The molecule has 0 radical (unpaired) electrons. The van der Waals surface area contributed by atoms with Gasteiger partial charge >= 0.3 is 15.4 Å². The Hall–Kier alpha value is -1.05. The molecule has 0 bridgehead atoms. The first-order valence-corrected chi connectivity index (χ1v) is 6.77. The van der Waals surface area contributed by atoms with E-state index in [0.29, 0.717) is 12.8 Å². The summed E-state index contributed by atoms with van der Waals surface area (Å²) < 4.78 is 59.9. The third kappa shape index (κ3) is 2.68. The van der Waals surface area contributed by atoms with Gasteiger partial charge in [-0.2, -0.15) is 17.2 Å². The van der Waals surface area contributed by atoms with Gasteiger partial charge in [-0.25, -0.2) is 0 Å². The van der Waals surface area contributed by atoms with Crippen LogP contribution in [0.25, 0.3) is 0 Å². The molecule has 0 aliphatic heterocycles. The average molecular weight is 278 g/mol. The van der Waals surface area contributed by atoms with E-state index in [2.05, 4.69) is 0 Å². The maximum atomic E-state index is 12.9. The molecule has 0 heterocycles. The molecule has 100 valence electrons. The molecule has 0 saturated carbocycles. The summed E-state index contributed by atoms with van der Waals surface area (Å²) in [6.07, 6.45) is 0.463. The normalized spacial score (nSPS) is 16.8. The minimum atomic E-state index is -5.42. The summed E-state index contributed by atoms with van der Waals surface area (Å²) in [7, 11) is -5.42. The fourth-order valence-corrected chi connectivity index (χ4v) is 2.14. The summed E-state index contributed by atoms with van der Waals surface area (Å²) in [5.41, 5.74) is 2.02. The second-order valence-corrected chi connectivity index (χ2v) is 5.77. The zero-order chi connectivity index (χ0) is 13.4. The lowest BCUT2D eigenvalue weighted by Gasteiger charge is -2.16. The molecule has 0 saturated heterocycles. The first-order chi connectivity index (χ1) is 8.29. The van der Waals surface area contributed by atoms with Gasteiger partial charge in [-0.15, -0.1) is 0 Å². The summed E-state index contributed by atoms with van der Waals surface area (Å²) >= 11 is 0. The van der Waals surface area contributed by atoms with Crippen molar-refractivity contribution in [2.45, 2.75) is 24.2 Å². The smallest absolute Gasteiger partial charge is 0.370 e. The highest BCUT2D eigenvalue weighted by atomic mass is 32.2. The van der Waals surface area contributed by atoms with Crippen LogP contribution in [0, 0.1) is 0 Å². The van der Waals surface area contributed by atoms with Crippen molar-refractivity contribution in [1.29, 1.82) is 0 Å². The number of rotatable bonds is 4. The van der Waals surface area contributed by atoms with Gasteiger partial charge in [-0.1, -0.05) is 24.3 Å². The Labute approximate surface area is 103 Å². The monoisotopic (exact) mass is 278 g/mol. The molecular weight excluding hydrogens is 266 g/mol. The van der Waals surface area contributed by atoms with Crippen molar-refractivity contribution in [1.82, 2.24) is 0 Å². The van der Waals surface area contributed by atoms with E-state index in [9.17, 15) is 17.2 Å². The van der Waals surface area contributed by atoms with Crippen LogP contribution in [0.2, 0.25) is 0 Å².